The molecular formula is C17H23N3OS. The van der Waals surface area contributed by atoms with E-state index in [-0.39, 0.29) is 0 Å². The van der Waals surface area contributed by atoms with Crippen LogP contribution in [0.1, 0.15) is 30.4 Å². The van der Waals surface area contributed by atoms with Gasteiger partial charge in [0.2, 0.25) is 5.89 Å². The van der Waals surface area contributed by atoms with Crippen LogP contribution in [0.15, 0.2) is 27.8 Å². The van der Waals surface area contributed by atoms with Gasteiger partial charge < -0.3 is 9.32 Å². The molecule has 118 valence electrons. The lowest BCUT2D eigenvalue weighted by atomic mass is 10.1. The van der Waals surface area contributed by atoms with E-state index in [1.165, 1.54) is 43.5 Å². The molecule has 0 aliphatic carbocycles. The Kier molecular flexibility index (Phi) is 5.16. The number of benzene rings is 1. The predicted molar refractivity (Wildman–Crippen MR) is 90.2 cm³/mol. The molecule has 0 saturated carbocycles. The SMILES string of the molecule is Cc1cc(C)cc(-c2nnc(SCCN3CCCCC3)o2)c1. The van der Waals surface area contributed by atoms with E-state index in [1.807, 2.05) is 0 Å². The number of nitrogens with zero attached hydrogens (tertiary/aromatic N) is 3. The van der Waals surface area contributed by atoms with Crippen LogP contribution in [0.2, 0.25) is 0 Å². The fraction of sp³-hybridized carbons (Fsp3) is 0.529. The summed E-state index contributed by atoms with van der Waals surface area (Å²) in [6.45, 7) is 7.74. The summed E-state index contributed by atoms with van der Waals surface area (Å²) in [4.78, 5) is 2.53. The molecule has 1 aromatic carbocycles. The van der Waals surface area contributed by atoms with Gasteiger partial charge in [0.05, 0.1) is 0 Å². The maximum Gasteiger partial charge on any atom is 0.276 e. The van der Waals surface area contributed by atoms with Gasteiger partial charge in [0.15, 0.2) is 0 Å². The van der Waals surface area contributed by atoms with Crippen LogP contribution in [-0.4, -0.2) is 40.5 Å². The summed E-state index contributed by atoms with van der Waals surface area (Å²) in [6.07, 6.45) is 4.05. The molecule has 0 atom stereocenters. The third kappa shape index (κ3) is 4.11. The number of aromatic nitrogens is 2. The highest BCUT2D eigenvalue weighted by Gasteiger charge is 2.12. The lowest BCUT2D eigenvalue weighted by molar-refractivity contribution is 0.242. The Labute approximate surface area is 136 Å². The smallest absolute Gasteiger partial charge is 0.276 e. The topological polar surface area (TPSA) is 42.2 Å². The number of hydrogen-bond donors (Lipinski definition) is 0. The first kappa shape index (κ1) is 15.6. The second-order valence-electron chi connectivity index (χ2n) is 6.00. The van der Waals surface area contributed by atoms with Crippen molar-refractivity contribution >= 4 is 11.8 Å². The molecule has 0 unspecified atom stereocenters. The summed E-state index contributed by atoms with van der Waals surface area (Å²) in [5, 5.41) is 9.02. The number of piperidine rings is 1. The van der Waals surface area contributed by atoms with Crippen molar-refractivity contribution in [3.63, 3.8) is 0 Å². The number of likely N-dealkylation sites (tertiary alicyclic amines) is 1. The number of aryl methyl sites for hydroxylation is 2. The van der Waals surface area contributed by atoms with E-state index >= 15 is 0 Å². The van der Waals surface area contributed by atoms with Gasteiger partial charge in [-0.05, 0) is 51.9 Å². The van der Waals surface area contributed by atoms with Gasteiger partial charge in [-0.2, -0.15) is 0 Å². The summed E-state index contributed by atoms with van der Waals surface area (Å²) in [7, 11) is 0. The van der Waals surface area contributed by atoms with E-state index in [4.69, 9.17) is 4.42 Å². The highest BCUT2D eigenvalue weighted by atomic mass is 32.2. The van der Waals surface area contributed by atoms with Crippen molar-refractivity contribution in [1.29, 1.82) is 0 Å². The molecular weight excluding hydrogens is 294 g/mol. The van der Waals surface area contributed by atoms with Crippen molar-refractivity contribution < 1.29 is 4.42 Å². The Balaban J connectivity index is 1.56. The Hall–Kier alpha value is -1.33. The second-order valence-corrected chi connectivity index (χ2v) is 7.05. The van der Waals surface area contributed by atoms with Crippen LogP contribution in [0.3, 0.4) is 0 Å². The van der Waals surface area contributed by atoms with Crippen molar-refractivity contribution in [3.8, 4) is 11.5 Å². The monoisotopic (exact) mass is 317 g/mol. The van der Waals surface area contributed by atoms with Gasteiger partial charge in [-0.15, -0.1) is 10.2 Å². The van der Waals surface area contributed by atoms with Crippen molar-refractivity contribution in [1.82, 2.24) is 15.1 Å². The van der Waals surface area contributed by atoms with Gasteiger partial charge >= 0.3 is 0 Å². The third-order valence-electron chi connectivity index (χ3n) is 3.96. The van der Waals surface area contributed by atoms with Crippen molar-refractivity contribution in [3.05, 3.63) is 29.3 Å². The lowest BCUT2D eigenvalue weighted by Crippen LogP contribution is -2.31. The van der Waals surface area contributed by atoms with Gasteiger partial charge in [-0.3, -0.25) is 0 Å². The highest BCUT2D eigenvalue weighted by Crippen LogP contribution is 2.25. The van der Waals surface area contributed by atoms with Crippen LogP contribution in [-0.2, 0) is 0 Å². The first-order valence-corrected chi connectivity index (χ1v) is 8.96. The van der Waals surface area contributed by atoms with E-state index in [2.05, 4.69) is 47.1 Å². The molecule has 0 radical (unpaired) electrons. The molecule has 0 N–H and O–H groups in total. The van der Waals surface area contributed by atoms with Gasteiger partial charge in [-0.25, -0.2) is 0 Å². The summed E-state index contributed by atoms with van der Waals surface area (Å²) < 4.78 is 5.79. The minimum Gasteiger partial charge on any atom is -0.411 e. The van der Waals surface area contributed by atoms with Crippen molar-refractivity contribution in [2.45, 2.75) is 38.3 Å². The minimum atomic E-state index is 0.618. The average Bonchev–Trinajstić information content (AvgIpc) is 2.96. The molecule has 4 nitrogen and oxygen atoms in total. The molecule has 1 aromatic heterocycles. The van der Waals surface area contributed by atoms with Crippen LogP contribution in [0.4, 0.5) is 0 Å². The quantitative estimate of drug-likeness (QED) is 0.782. The molecule has 2 aromatic rings. The summed E-state index contributed by atoms with van der Waals surface area (Å²) in [6, 6.07) is 6.32. The molecule has 1 saturated heterocycles. The molecule has 0 bridgehead atoms. The Bertz CT molecular complexity index is 600. The first-order valence-electron chi connectivity index (χ1n) is 7.98. The predicted octanol–water partition coefficient (Wildman–Crippen LogP) is 3.93. The van der Waals surface area contributed by atoms with E-state index in [9.17, 15) is 0 Å². The van der Waals surface area contributed by atoms with Gasteiger partial charge in [0.25, 0.3) is 5.22 Å². The Morgan fingerprint density at radius 1 is 1.05 bits per heavy atom. The molecule has 0 spiro atoms. The molecule has 5 heteroatoms. The average molecular weight is 317 g/mol. The summed E-state index contributed by atoms with van der Waals surface area (Å²) in [5.41, 5.74) is 3.44. The lowest BCUT2D eigenvalue weighted by Gasteiger charge is -2.25. The van der Waals surface area contributed by atoms with Crippen molar-refractivity contribution in [2.24, 2.45) is 0 Å². The number of rotatable bonds is 5. The third-order valence-corrected chi connectivity index (χ3v) is 4.76. The fourth-order valence-corrected chi connectivity index (χ4v) is 3.69. The molecule has 1 aliphatic rings. The first-order chi connectivity index (χ1) is 10.7. The summed E-state index contributed by atoms with van der Waals surface area (Å²) >= 11 is 1.66. The molecule has 3 rings (SSSR count). The van der Waals surface area contributed by atoms with Crippen LogP contribution >= 0.6 is 11.8 Å². The zero-order chi connectivity index (χ0) is 15.4. The van der Waals surface area contributed by atoms with Gasteiger partial charge in [-0.1, -0.05) is 35.4 Å². The van der Waals surface area contributed by atoms with Crippen molar-refractivity contribution in [2.75, 3.05) is 25.4 Å². The van der Waals surface area contributed by atoms with E-state index in [1.54, 1.807) is 11.8 Å². The normalized spacial score (nSPS) is 16.1. The largest absolute Gasteiger partial charge is 0.411 e. The summed E-state index contributed by atoms with van der Waals surface area (Å²) in [5.74, 6) is 1.63. The number of thioether (sulfide) groups is 1. The highest BCUT2D eigenvalue weighted by molar-refractivity contribution is 7.99. The fourth-order valence-electron chi connectivity index (χ4n) is 2.93. The maximum atomic E-state index is 5.79. The van der Waals surface area contributed by atoms with Crippen LogP contribution in [0, 0.1) is 13.8 Å². The van der Waals surface area contributed by atoms with E-state index < -0.39 is 0 Å². The molecule has 1 fully saturated rings. The second kappa shape index (κ2) is 7.29. The van der Waals surface area contributed by atoms with Gasteiger partial charge in [0, 0.05) is 17.9 Å². The van der Waals surface area contributed by atoms with E-state index in [0.29, 0.717) is 11.1 Å². The van der Waals surface area contributed by atoms with Crippen LogP contribution in [0.25, 0.3) is 11.5 Å². The standard InChI is InChI=1S/C17H23N3OS/c1-13-10-14(2)12-15(11-13)16-18-19-17(21-16)22-9-8-20-6-4-3-5-7-20/h10-12H,3-9H2,1-2H3. The Morgan fingerprint density at radius 3 is 2.50 bits per heavy atom. The van der Waals surface area contributed by atoms with Crippen LogP contribution < -0.4 is 0 Å². The zero-order valence-corrected chi connectivity index (χ0v) is 14.2. The maximum absolute atomic E-state index is 5.79. The zero-order valence-electron chi connectivity index (χ0n) is 13.3. The minimum absolute atomic E-state index is 0.618. The van der Waals surface area contributed by atoms with E-state index in [0.717, 1.165) is 17.9 Å². The molecule has 0 amide bonds. The van der Waals surface area contributed by atoms with Crippen LogP contribution in [0.5, 0.6) is 0 Å². The molecule has 1 aliphatic heterocycles. The molecule has 2 heterocycles. The number of hydrogen-bond acceptors (Lipinski definition) is 5. The molecule has 22 heavy (non-hydrogen) atoms. The van der Waals surface area contributed by atoms with Gasteiger partial charge in [0.1, 0.15) is 0 Å². The Morgan fingerprint density at radius 2 is 1.77 bits per heavy atom.